The summed E-state index contributed by atoms with van der Waals surface area (Å²) in [4.78, 5) is 33.4. The number of nitrogens with two attached hydrogens (primary N) is 1. The van der Waals surface area contributed by atoms with Gasteiger partial charge in [0.2, 0.25) is 0 Å². The van der Waals surface area contributed by atoms with Crippen molar-refractivity contribution in [2.45, 2.75) is 26.9 Å². The molecular weight excluding hydrogens is 531 g/mol. The van der Waals surface area contributed by atoms with Gasteiger partial charge in [-0.15, -0.1) is 0 Å². The van der Waals surface area contributed by atoms with E-state index in [2.05, 4.69) is 5.32 Å². The van der Waals surface area contributed by atoms with Crippen LogP contribution in [0.25, 0.3) is 11.1 Å². The number of ether oxygens (including phenoxy) is 1. The zero-order valence-corrected chi connectivity index (χ0v) is 21.8. The van der Waals surface area contributed by atoms with Crippen LogP contribution < -0.4 is 15.8 Å². The zero-order valence-electron chi connectivity index (χ0n) is 21.8. The smallest absolute Gasteiger partial charge is 0.478 e. The number of aryl methyl sites for hydroxylation is 1. The molecule has 0 aliphatic rings. The highest BCUT2D eigenvalue weighted by molar-refractivity contribution is 6.02. The van der Waals surface area contributed by atoms with Crippen molar-refractivity contribution in [3.63, 3.8) is 0 Å². The summed E-state index contributed by atoms with van der Waals surface area (Å²) >= 11 is 0. The molecule has 0 unspecified atom stereocenters. The van der Waals surface area contributed by atoms with Gasteiger partial charge in [0.05, 0.1) is 5.56 Å². The number of carboxylic acids is 2. The second-order valence-corrected chi connectivity index (χ2v) is 9.01. The molecule has 0 bridgehead atoms. The van der Waals surface area contributed by atoms with Crippen LogP contribution in [0.15, 0.2) is 60.7 Å². The van der Waals surface area contributed by atoms with Gasteiger partial charge in [0.25, 0.3) is 5.91 Å². The number of alkyl halides is 3. The second kappa shape index (κ2) is 13.3. The molecule has 0 atom stereocenters. The minimum atomic E-state index is -5.08. The fourth-order valence-corrected chi connectivity index (χ4v) is 3.26. The van der Waals surface area contributed by atoms with E-state index in [4.69, 9.17) is 25.8 Å². The summed E-state index contributed by atoms with van der Waals surface area (Å²) in [6.45, 7) is 6.38. The predicted molar refractivity (Wildman–Crippen MR) is 142 cm³/mol. The fraction of sp³-hybridized carbons (Fsp3) is 0.214. The Bertz CT molecular complexity index is 1400. The SMILES string of the molecule is Cc1ccc(-c2ccc(C(=O)NCC(C)C)cc2C(=O)O)c(Oc2ccc(C(=N)N)cc2)c1.O=C(O)C(F)(F)F. The number of hydrogen-bond donors (Lipinski definition) is 5. The highest BCUT2D eigenvalue weighted by Crippen LogP contribution is 2.36. The molecule has 0 aliphatic carbocycles. The first kappa shape index (κ1) is 31.3. The van der Waals surface area contributed by atoms with E-state index in [0.29, 0.717) is 34.7 Å². The number of amides is 1. The van der Waals surface area contributed by atoms with Gasteiger partial charge < -0.3 is 26.0 Å². The number of nitrogen functional groups attached to an aromatic ring is 1. The Morgan fingerprint density at radius 3 is 2.00 bits per heavy atom. The number of nitrogens with one attached hydrogen (secondary N) is 2. The van der Waals surface area contributed by atoms with Crippen LogP contribution in [0.4, 0.5) is 13.2 Å². The molecule has 0 spiro atoms. The van der Waals surface area contributed by atoms with Gasteiger partial charge in [-0.3, -0.25) is 10.2 Å². The van der Waals surface area contributed by atoms with Crippen LogP contribution in [-0.4, -0.2) is 46.6 Å². The molecule has 0 aromatic heterocycles. The molecule has 212 valence electrons. The summed E-state index contributed by atoms with van der Waals surface area (Å²) in [7, 11) is 0. The van der Waals surface area contributed by atoms with Crippen LogP contribution in [0.5, 0.6) is 11.5 Å². The average molecular weight is 560 g/mol. The summed E-state index contributed by atoms with van der Waals surface area (Å²) in [6, 6.07) is 16.9. The normalized spacial score (nSPS) is 10.8. The van der Waals surface area contributed by atoms with Crippen LogP contribution in [0.3, 0.4) is 0 Å². The summed E-state index contributed by atoms with van der Waals surface area (Å²) < 4.78 is 37.8. The number of amidine groups is 1. The van der Waals surface area contributed by atoms with Crippen molar-refractivity contribution in [1.82, 2.24) is 5.32 Å². The molecule has 6 N–H and O–H groups in total. The maximum absolute atomic E-state index is 12.4. The number of carbonyl (C=O) groups excluding carboxylic acids is 1. The highest BCUT2D eigenvalue weighted by Gasteiger charge is 2.38. The quantitative estimate of drug-likeness (QED) is 0.181. The molecule has 3 rings (SSSR count). The molecule has 0 saturated heterocycles. The number of halogens is 3. The molecule has 1 amide bonds. The van der Waals surface area contributed by atoms with E-state index < -0.39 is 18.1 Å². The van der Waals surface area contributed by atoms with Gasteiger partial charge in [-0.1, -0.05) is 32.0 Å². The number of aliphatic carboxylic acids is 1. The Morgan fingerprint density at radius 1 is 0.950 bits per heavy atom. The fourth-order valence-electron chi connectivity index (χ4n) is 3.26. The number of carbonyl (C=O) groups is 3. The Hall–Kier alpha value is -4.87. The minimum Gasteiger partial charge on any atom is -0.478 e. The lowest BCUT2D eigenvalue weighted by Gasteiger charge is -2.15. The zero-order chi connectivity index (χ0) is 30.2. The second-order valence-electron chi connectivity index (χ2n) is 9.01. The van der Waals surface area contributed by atoms with Crippen LogP contribution in [0.1, 0.15) is 45.7 Å². The van der Waals surface area contributed by atoms with Gasteiger partial charge in [-0.2, -0.15) is 13.2 Å². The molecule has 3 aromatic rings. The monoisotopic (exact) mass is 559 g/mol. The molecule has 40 heavy (non-hydrogen) atoms. The Kier molecular flexibility index (Phi) is 10.4. The van der Waals surface area contributed by atoms with E-state index in [-0.39, 0.29) is 28.8 Å². The van der Waals surface area contributed by atoms with E-state index in [1.165, 1.54) is 6.07 Å². The van der Waals surface area contributed by atoms with Crippen molar-refractivity contribution >= 4 is 23.7 Å². The minimum absolute atomic E-state index is 0.00725. The Balaban J connectivity index is 0.000000708. The Labute approximate surface area is 227 Å². The Morgan fingerprint density at radius 2 is 1.50 bits per heavy atom. The first-order valence-corrected chi connectivity index (χ1v) is 11.8. The lowest BCUT2D eigenvalue weighted by molar-refractivity contribution is -0.192. The molecule has 0 radical (unpaired) electrons. The van der Waals surface area contributed by atoms with Gasteiger partial charge in [-0.05, 0) is 66.4 Å². The predicted octanol–water partition coefficient (Wildman–Crippen LogP) is 5.46. The third kappa shape index (κ3) is 8.86. The maximum atomic E-state index is 12.4. The van der Waals surface area contributed by atoms with Crippen LogP contribution in [0.2, 0.25) is 0 Å². The van der Waals surface area contributed by atoms with E-state index in [1.54, 1.807) is 42.5 Å². The number of carboxylic acid groups (broad SMARTS) is 2. The largest absolute Gasteiger partial charge is 0.490 e. The average Bonchev–Trinajstić information content (AvgIpc) is 2.87. The van der Waals surface area contributed by atoms with Gasteiger partial charge in [0, 0.05) is 23.2 Å². The maximum Gasteiger partial charge on any atom is 0.490 e. The number of aromatic carboxylic acids is 1. The molecule has 0 fully saturated rings. The molecule has 0 aliphatic heterocycles. The van der Waals surface area contributed by atoms with E-state index in [0.717, 1.165) is 5.56 Å². The molecule has 3 aromatic carbocycles. The van der Waals surface area contributed by atoms with Crippen molar-refractivity contribution in [3.8, 4) is 22.6 Å². The summed E-state index contributed by atoms with van der Waals surface area (Å²) in [5, 5.41) is 27.3. The lowest BCUT2D eigenvalue weighted by atomic mass is 9.95. The molecule has 9 nitrogen and oxygen atoms in total. The standard InChI is InChI=1S/C26H27N3O4.C2HF3O2/c1-15(2)14-29-25(30)18-7-11-20(22(13-18)26(31)32)21-10-4-16(3)12-23(21)33-19-8-5-17(6-9-19)24(27)28;3-2(4,5)1(6)7/h4-13,15H,14H2,1-3H3,(H3,27,28)(H,29,30)(H,31,32);(H,6,7). The van der Waals surface area contributed by atoms with Crippen molar-refractivity contribution in [1.29, 1.82) is 5.41 Å². The van der Waals surface area contributed by atoms with Gasteiger partial charge in [0.15, 0.2) is 0 Å². The summed E-state index contributed by atoms with van der Waals surface area (Å²) in [5.74, 6) is -2.97. The van der Waals surface area contributed by atoms with Crippen LogP contribution >= 0.6 is 0 Å². The van der Waals surface area contributed by atoms with Gasteiger partial charge in [0.1, 0.15) is 17.3 Å². The van der Waals surface area contributed by atoms with E-state index in [9.17, 15) is 27.9 Å². The molecule has 12 heteroatoms. The summed E-state index contributed by atoms with van der Waals surface area (Å²) in [6.07, 6.45) is -5.08. The number of hydrogen-bond acceptors (Lipinski definition) is 5. The third-order valence-electron chi connectivity index (χ3n) is 5.25. The number of benzene rings is 3. The van der Waals surface area contributed by atoms with Crippen molar-refractivity contribution in [2.75, 3.05) is 6.54 Å². The topological polar surface area (TPSA) is 163 Å². The van der Waals surface area contributed by atoms with Gasteiger partial charge in [-0.25, -0.2) is 9.59 Å². The molecule has 0 heterocycles. The molecular formula is C28H28F3N3O6. The van der Waals surface area contributed by atoms with Gasteiger partial charge >= 0.3 is 18.1 Å². The lowest BCUT2D eigenvalue weighted by Crippen LogP contribution is -2.27. The van der Waals surface area contributed by atoms with Crippen LogP contribution in [0, 0.1) is 18.3 Å². The van der Waals surface area contributed by atoms with E-state index >= 15 is 0 Å². The number of rotatable bonds is 8. The van der Waals surface area contributed by atoms with E-state index in [1.807, 2.05) is 32.9 Å². The van der Waals surface area contributed by atoms with Crippen LogP contribution in [-0.2, 0) is 4.79 Å². The first-order chi connectivity index (χ1) is 18.6. The summed E-state index contributed by atoms with van der Waals surface area (Å²) in [5.41, 5.74) is 8.34. The third-order valence-corrected chi connectivity index (χ3v) is 5.25. The molecule has 0 saturated carbocycles. The first-order valence-electron chi connectivity index (χ1n) is 11.8. The van der Waals surface area contributed by atoms with Crippen molar-refractivity contribution < 1.29 is 42.5 Å². The van der Waals surface area contributed by atoms with Crippen molar-refractivity contribution in [3.05, 3.63) is 82.9 Å². The highest BCUT2D eigenvalue weighted by atomic mass is 19.4. The van der Waals surface area contributed by atoms with Crippen molar-refractivity contribution in [2.24, 2.45) is 11.7 Å².